The zero-order chi connectivity index (χ0) is 11.8. The van der Waals surface area contributed by atoms with Crippen molar-refractivity contribution in [2.75, 3.05) is 6.54 Å². The van der Waals surface area contributed by atoms with Crippen molar-refractivity contribution in [3.63, 3.8) is 0 Å². The Labute approximate surface area is 100 Å². The molecule has 1 unspecified atom stereocenters. The highest BCUT2D eigenvalue weighted by Crippen LogP contribution is 2.37. The van der Waals surface area contributed by atoms with E-state index in [1.165, 1.54) is 15.6 Å². The van der Waals surface area contributed by atoms with E-state index in [1.54, 1.807) is 11.3 Å². The Morgan fingerprint density at radius 3 is 2.69 bits per heavy atom. The molecular formula is C13H18N2S. The number of nitrogens with two attached hydrogens (primary N) is 2. The molecule has 0 saturated carbocycles. The van der Waals surface area contributed by atoms with Gasteiger partial charge in [-0.15, -0.1) is 11.3 Å². The Kier molecular flexibility index (Phi) is 3.02. The SMILES string of the molecule is CC(C)(CN)C(N)c1csc2ccccc12. The van der Waals surface area contributed by atoms with Crippen LogP contribution in [0.5, 0.6) is 0 Å². The van der Waals surface area contributed by atoms with Crippen molar-refractivity contribution >= 4 is 21.4 Å². The summed E-state index contributed by atoms with van der Waals surface area (Å²) >= 11 is 1.75. The summed E-state index contributed by atoms with van der Waals surface area (Å²) in [6, 6.07) is 8.37. The van der Waals surface area contributed by atoms with Crippen LogP contribution in [0.2, 0.25) is 0 Å². The lowest BCUT2D eigenvalue weighted by Gasteiger charge is -2.30. The topological polar surface area (TPSA) is 52.0 Å². The van der Waals surface area contributed by atoms with Gasteiger partial charge in [0, 0.05) is 10.7 Å². The third-order valence-electron chi connectivity index (χ3n) is 3.21. The first-order valence-corrected chi connectivity index (χ1v) is 6.36. The normalized spacial score (nSPS) is 14.2. The quantitative estimate of drug-likeness (QED) is 0.858. The first-order chi connectivity index (χ1) is 7.56. The lowest BCUT2D eigenvalue weighted by Crippen LogP contribution is -2.35. The fourth-order valence-electron chi connectivity index (χ4n) is 1.79. The van der Waals surface area contributed by atoms with Gasteiger partial charge in [-0.1, -0.05) is 32.0 Å². The van der Waals surface area contributed by atoms with E-state index in [-0.39, 0.29) is 11.5 Å². The molecule has 1 heterocycles. The molecular weight excluding hydrogens is 216 g/mol. The van der Waals surface area contributed by atoms with E-state index in [2.05, 4.69) is 43.5 Å². The molecule has 16 heavy (non-hydrogen) atoms. The molecule has 0 radical (unpaired) electrons. The van der Waals surface area contributed by atoms with Crippen LogP contribution in [0.3, 0.4) is 0 Å². The number of hydrogen-bond acceptors (Lipinski definition) is 3. The monoisotopic (exact) mass is 234 g/mol. The van der Waals surface area contributed by atoms with Crippen LogP contribution in [0.4, 0.5) is 0 Å². The van der Waals surface area contributed by atoms with Crippen LogP contribution < -0.4 is 11.5 Å². The van der Waals surface area contributed by atoms with Gasteiger partial charge in [-0.05, 0) is 34.4 Å². The number of fused-ring (bicyclic) bond motifs is 1. The summed E-state index contributed by atoms with van der Waals surface area (Å²) < 4.78 is 1.29. The van der Waals surface area contributed by atoms with Gasteiger partial charge in [-0.2, -0.15) is 0 Å². The summed E-state index contributed by atoms with van der Waals surface area (Å²) in [6.45, 7) is 4.83. The van der Waals surface area contributed by atoms with Crippen LogP contribution in [-0.4, -0.2) is 6.54 Å². The van der Waals surface area contributed by atoms with Crippen molar-refractivity contribution in [2.45, 2.75) is 19.9 Å². The molecule has 0 aliphatic carbocycles. The van der Waals surface area contributed by atoms with E-state index in [9.17, 15) is 0 Å². The summed E-state index contributed by atoms with van der Waals surface area (Å²) in [5.74, 6) is 0. The Hall–Kier alpha value is -0.900. The average molecular weight is 234 g/mol. The number of benzene rings is 1. The van der Waals surface area contributed by atoms with Gasteiger partial charge >= 0.3 is 0 Å². The van der Waals surface area contributed by atoms with Gasteiger partial charge in [0.2, 0.25) is 0 Å². The highest BCUT2D eigenvalue weighted by molar-refractivity contribution is 7.17. The van der Waals surface area contributed by atoms with E-state index >= 15 is 0 Å². The summed E-state index contributed by atoms with van der Waals surface area (Å²) in [5, 5.41) is 3.42. The second-order valence-corrected chi connectivity index (χ2v) is 5.77. The van der Waals surface area contributed by atoms with Crippen LogP contribution in [0.1, 0.15) is 25.5 Å². The van der Waals surface area contributed by atoms with Gasteiger partial charge in [0.1, 0.15) is 0 Å². The minimum Gasteiger partial charge on any atom is -0.330 e. The maximum Gasteiger partial charge on any atom is 0.0373 e. The van der Waals surface area contributed by atoms with Gasteiger partial charge in [-0.25, -0.2) is 0 Å². The third-order valence-corrected chi connectivity index (χ3v) is 4.20. The van der Waals surface area contributed by atoms with Crippen LogP contribution in [0.15, 0.2) is 29.6 Å². The number of rotatable bonds is 3. The Morgan fingerprint density at radius 1 is 1.31 bits per heavy atom. The molecule has 86 valence electrons. The van der Waals surface area contributed by atoms with Crippen LogP contribution >= 0.6 is 11.3 Å². The lowest BCUT2D eigenvalue weighted by molar-refractivity contribution is 0.303. The summed E-state index contributed by atoms with van der Waals surface area (Å²) in [7, 11) is 0. The molecule has 2 nitrogen and oxygen atoms in total. The summed E-state index contributed by atoms with van der Waals surface area (Å²) in [4.78, 5) is 0. The second-order valence-electron chi connectivity index (χ2n) is 4.86. The standard InChI is InChI=1S/C13H18N2S/c1-13(2,8-14)12(15)10-7-16-11-6-4-3-5-9(10)11/h3-7,12H,8,14-15H2,1-2H3. The number of hydrogen-bond donors (Lipinski definition) is 2. The summed E-state index contributed by atoms with van der Waals surface area (Å²) in [6.07, 6.45) is 0. The first-order valence-electron chi connectivity index (χ1n) is 5.48. The highest BCUT2D eigenvalue weighted by Gasteiger charge is 2.27. The molecule has 4 N–H and O–H groups in total. The second kappa shape index (κ2) is 4.17. The molecule has 0 saturated heterocycles. The van der Waals surface area contributed by atoms with Crippen molar-refractivity contribution in [1.29, 1.82) is 0 Å². The van der Waals surface area contributed by atoms with Gasteiger partial charge in [-0.3, -0.25) is 0 Å². The predicted octanol–water partition coefficient (Wildman–Crippen LogP) is 2.89. The smallest absolute Gasteiger partial charge is 0.0373 e. The molecule has 2 aromatic rings. The van der Waals surface area contributed by atoms with E-state index in [0.717, 1.165) is 0 Å². The van der Waals surface area contributed by atoms with E-state index in [1.807, 2.05) is 0 Å². The molecule has 2 rings (SSSR count). The fourth-order valence-corrected chi connectivity index (χ4v) is 2.78. The zero-order valence-corrected chi connectivity index (χ0v) is 10.6. The lowest BCUT2D eigenvalue weighted by atomic mass is 9.81. The van der Waals surface area contributed by atoms with Crippen LogP contribution in [0.25, 0.3) is 10.1 Å². The maximum absolute atomic E-state index is 6.32. The van der Waals surface area contributed by atoms with Crippen molar-refractivity contribution < 1.29 is 0 Å². The molecule has 1 aromatic heterocycles. The minimum atomic E-state index is -0.0656. The summed E-state index contributed by atoms with van der Waals surface area (Å²) in [5.41, 5.74) is 13.3. The van der Waals surface area contributed by atoms with Crippen LogP contribution in [0, 0.1) is 5.41 Å². The molecule has 0 aliphatic heterocycles. The van der Waals surface area contributed by atoms with E-state index in [4.69, 9.17) is 11.5 Å². The van der Waals surface area contributed by atoms with Gasteiger partial charge < -0.3 is 11.5 Å². The van der Waals surface area contributed by atoms with Gasteiger partial charge in [0.25, 0.3) is 0 Å². The average Bonchev–Trinajstić information content (AvgIpc) is 2.71. The van der Waals surface area contributed by atoms with E-state index in [0.29, 0.717) is 6.54 Å². The number of thiophene rings is 1. The Balaban J connectivity index is 2.48. The highest BCUT2D eigenvalue weighted by atomic mass is 32.1. The zero-order valence-electron chi connectivity index (χ0n) is 9.73. The first kappa shape index (κ1) is 11.6. The largest absolute Gasteiger partial charge is 0.330 e. The molecule has 0 amide bonds. The van der Waals surface area contributed by atoms with Crippen molar-refractivity contribution in [1.82, 2.24) is 0 Å². The minimum absolute atomic E-state index is 0.00588. The van der Waals surface area contributed by atoms with Gasteiger partial charge in [0.05, 0.1) is 0 Å². The molecule has 3 heteroatoms. The Morgan fingerprint density at radius 2 is 2.00 bits per heavy atom. The van der Waals surface area contributed by atoms with E-state index < -0.39 is 0 Å². The maximum atomic E-state index is 6.32. The molecule has 1 aromatic carbocycles. The molecule has 0 aliphatic rings. The molecule has 1 atom stereocenters. The van der Waals surface area contributed by atoms with Crippen molar-refractivity contribution in [3.05, 3.63) is 35.2 Å². The van der Waals surface area contributed by atoms with Crippen molar-refractivity contribution in [3.8, 4) is 0 Å². The molecule has 0 spiro atoms. The molecule has 0 fully saturated rings. The predicted molar refractivity (Wildman–Crippen MR) is 71.6 cm³/mol. The van der Waals surface area contributed by atoms with Gasteiger partial charge in [0.15, 0.2) is 0 Å². The van der Waals surface area contributed by atoms with Crippen LogP contribution in [-0.2, 0) is 0 Å². The fraction of sp³-hybridized carbons (Fsp3) is 0.385. The van der Waals surface area contributed by atoms with Crippen molar-refractivity contribution in [2.24, 2.45) is 16.9 Å². The Bertz CT molecular complexity index is 487. The third kappa shape index (κ3) is 1.86. The molecule has 0 bridgehead atoms.